The van der Waals surface area contributed by atoms with Crippen molar-refractivity contribution in [2.24, 2.45) is 0 Å². The highest BCUT2D eigenvalue weighted by Crippen LogP contribution is 2.30. The molecule has 0 amide bonds. The van der Waals surface area contributed by atoms with Gasteiger partial charge in [-0.05, 0) is 24.9 Å². The average molecular weight is 303 g/mol. The second-order valence-corrected chi connectivity index (χ2v) is 6.71. The quantitative estimate of drug-likeness (QED) is 0.749. The minimum absolute atomic E-state index is 0.381. The lowest BCUT2D eigenvalue weighted by atomic mass is 9.97. The van der Waals surface area contributed by atoms with Crippen LogP contribution in [0.15, 0.2) is 30.3 Å². The van der Waals surface area contributed by atoms with E-state index in [9.17, 15) is 0 Å². The van der Waals surface area contributed by atoms with E-state index in [2.05, 4.69) is 66.6 Å². The molecule has 0 saturated carbocycles. The monoisotopic (exact) mass is 303 g/mol. The maximum Gasteiger partial charge on any atom is 0.124 e. The van der Waals surface area contributed by atoms with Gasteiger partial charge in [0.2, 0.25) is 0 Å². The fourth-order valence-electron chi connectivity index (χ4n) is 2.38. The van der Waals surface area contributed by atoms with Gasteiger partial charge in [0.25, 0.3) is 0 Å². The third-order valence-electron chi connectivity index (χ3n) is 3.51. The smallest absolute Gasteiger partial charge is 0.124 e. The molecule has 2 aromatic rings. The zero-order chi connectivity index (χ0) is 15.1. The number of aryl methyl sites for hydroxylation is 1. The fourth-order valence-corrected chi connectivity index (χ4v) is 3.47. The lowest BCUT2D eigenvalue weighted by molar-refractivity contribution is 0.569. The predicted octanol–water partition coefficient (Wildman–Crippen LogP) is 4.01. The Hall–Kier alpha value is -1.26. The Morgan fingerprint density at radius 3 is 2.57 bits per heavy atom. The van der Waals surface area contributed by atoms with Crippen molar-refractivity contribution in [3.05, 3.63) is 45.9 Å². The second kappa shape index (κ2) is 8.25. The predicted molar refractivity (Wildman–Crippen MR) is 89.9 cm³/mol. The van der Waals surface area contributed by atoms with Gasteiger partial charge in [0.1, 0.15) is 10.0 Å². The largest absolute Gasteiger partial charge is 0.315 e. The summed E-state index contributed by atoms with van der Waals surface area (Å²) in [4.78, 5) is 0. The van der Waals surface area contributed by atoms with Crippen LogP contribution in [0.3, 0.4) is 0 Å². The number of hydrogen-bond donors (Lipinski definition) is 1. The van der Waals surface area contributed by atoms with Crippen LogP contribution in [0.5, 0.6) is 0 Å². The topological polar surface area (TPSA) is 37.8 Å². The third kappa shape index (κ3) is 4.90. The number of aromatic nitrogens is 2. The molecule has 0 bridgehead atoms. The van der Waals surface area contributed by atoms with E-state index >= 15 is 0 Å². The van der Waals surface area contributed by atoms with Crippen molar-refractivity contribution in [1.82, 2.24) is 15.5 Å². The van der Waals surface area contributed by atoms with Gasteiger partial charge in [-0.1, -0.05) is 51.1 Å². The van der Waals surface area contributed by atoms with Gasteiger partial charge in [-0.2, -0.15) is 0 Å². The molecule has 1 heterocycles. The van der Waals surface area contributed by atoms with Crippen LogP contribution in [0, 0.1) is 0 Å². The van der Waals surface area contributed by atoms with Crippen molar-refractivity contribution >= 4 is 11.3 Å². The zero-order valence-corrected chi connectivity index (χ0v) is 14.0. The Kier molecular flexibility index (Phi) is 6.33. The summed E-state index contributed by atoms with van der Waals surface area (Å²) in [6.07, 6.45) is 3.20. The van der Waals surface area contributed by atoms with E-state index < -0.39 is 0 Å². The lowest BCUT2D eigenvalue weighted by Gasteiger charge is -2.11. The Morgan fingerprint density at radius 2 is 1.90 bits per heavy atom. The number of rotatable bonds is 8. The minimum Gasteiger partial charge on any atom is -0.315 e. The first kappa shape index (κ1) is 16.1. The van der Waals surface area contributed by atoms with Crippen LogP contribution < -0.4 is 5.32 Å². The highest BCUT2D eigenvalue weighted by Gasteiger charge is 2.16. The molecule has 0 radical (unpaired) electrons. The van der Waals surface area contributed by atoms with Crippen LogP contribution in [0.2, 0.25) is 0 Å². The van der Waals surface area contributed by atoms with Gasteiger partial charge in [-0.15, -0.1) is 21.5 Å². The van der Waals surface area contributed by atoms with E-state index in [1.165, 1.54) is 5.56 Å². The van der Waals surface area contributed by atoms with Gasteiger partial charge in [-0.3, -0.25) is 0 Å². The molecule has 1 unspecified atom stereocenters. The van der Waals surface area contributed by atoms with E-state index in [4.69, 9.17) is 0 Å². The SMILES string of the molecule is CCC(c1ccccc1)c1nnc(CCCNC(C)C)s1. The van der Waals surface area contributed by atoms with Gasteiger partial charge in [0, 0.05) is 18.4 Å². The Morgan fingerprint density at radius 1 is 1.14 bits per heavy atom. The van der Waals surface area contributed by atoms with Crippen LogP contribution in [-0.4, -0.2) is 22.8 Å². The van der Waals surface area contributed by atoms with Crippen LogP contribution in [0.25, 0.3) is 0 Å². The van der Waals surface area contributed by atoms with E-state index in [0.717, 1.165) is 35.8 Å². The summed E-state index contributed by atoms with van der Waals surface area (Å²) >= 11 is 1.77. The Labute approximate surface area is 131 Å². The number of hydrogen-bond acceptors (Lipinski definition) is 4. The van der Waals surface area contributed by atoms with E-state index in [0.29, 0.717) is 12.0 Å². The molecule has 1 aromatic heterocycles. The molecule has 1 atom stereocenters. The van der Waals surface area contributed by atoms with E-state index in [1.54, 1.807) is 11.3 Å². The Balaban J connectivity index is 1.95. The fraction of sp³-hybridized carbons (Fsp3) is 0.529. The second-order valence-electron chi connectivity index (χ2n) is 5.62. The van der Waals surface area contributed by atoms with Gasteiger partial charge in [0.15, 0.2) is 0 Å². The number of nitrogens with one attached hydrogen (secondary N) is 1. The van der Waals surface area contributed by atoms with E-state index in [1.807, 2.05) is 0 Å². The molecule has 0 saturated heterocycles. The van der Waals surface area contributed by atoms with Crippen molar-refractivity contribution in [3.8, 4) is 0 Å². The van der Waals surface area contributed by atoms with Gasteiger partial charge in [0.05, 0.1) is 0 Å². The van der Waals surface area contributed by atoms with Crippen LogP contribution in [0.4, 0.5) is 0 Å². The molecule has 3 nitrogen and oxygen atoms in total. The molecule has 4 heteroatoms. The number of benzene rings is 1. The minimum atomic E-state index is 0.381. The van der Waals surface area contributed by atoms with Crippen LogP contribution in [0.1, 0.15) is 55.1 Å². The van der Waals surface area contributed by atoms with E-state index in [-0.39, 0.29) is 0 Å². The lowest BCUT2D eigenvalue weighted by Crippen LogP contribution is -2.23. The van der Waals surface area contributed by atoms with Crippen molar-refractivity contribution in [1.29, 1.82) is 0 Å². The molecule has 2 rings (SSSR count). The van der Waals surface area contributed by atoms with Crippen molar-refractivity contribution in [3.63, 3.8) is 0 Å². The average Bonchev–Trinajstić information content (AvgIpc) is 2.94. The molecule has 1 N–H and O–H groups in total. The zero-order valence-electron chi connectivity index (χ0n) is 13.2. The maximum absolute atomic E-state index is 4.43. The third-order valence-corrected chi connectivity index (χ3v) is 4.61. The summed E-state index contributed by atoms with van der Waals surface area (Å²) in [5.41, 5.74) is 1.34. The molecule has 0 aliphatic heterocycles. The first-order valence-corrected chi connectivity index (χ1v) is 8.63. The normalized spacial score (nSPS) is 12.8. The van der Waals surface area contributed by atoms with Crippen molar-refractivity contribution in [2.75, 3.05) is 6.54 Å². The molecule has 0 fully saturated rings. The highest BCUT2D eigenvalue weighted by atomic mass is 32.1. The van der Waals surface area contributed by atoms with Crippen LogP contribution >= 0.6 is 11.3 Å². The van der Waals surface area contributed by atoms with Crippen LogP contribution in [-0.2, 0) is 6.42 Å². The summed E-state index contributed by atoms with van der Waals surface area (Å²) in [6.45, 7) is 7.61. The maximum atomic E-state index is 4.43. The van der Waals surface area contributed by atoms with Gasteiger partial charge in [-0.25, -0.2) is 0 Å². The summed E-state index contributed by atoms with van der Waals surface area (Å²) in [7, 11) is 0. The molecule has 0 spiro atoms. The number of nitrogens with zero attached hydrogens (tertiary/aromatic N) is 2. The molecule has 114 valence electrons. The summed E-state index contributed by atoms with van der Waals surface area (Å²) in [5, 5.41) is 14.5. The molecule has 1 aromatic carbocycles. The first-order valence-electron chi connectivity index (χ1n) is 7.81. The van der Waals surface area contributed by atoms with Crippen molar-refractivity contribution < 1.29 is 0 Å². The standard InChI is InChI=1S/C17H25N3S/c1-4-15(14-9-6-5-7-10-14)17-20-19-16(21-17)11-8-12-18-13(2)3/h5-7,9-10,13,15,18H,4,8,11-12H2,1-3H3. The molecule has 21 heavy (non-hydrogen) atoms. The van der Waals surface area contributed by atoms with Gasteiger partial charge < -0.3 is 5.32 Å². The Bertz CT molecular complexity index is 522. The first-order chi connectivity index (χ1) is 10.2. The van der Waals surface area contributed by atoms with Gasteiger partial charge >= 0.3 is 0 Å². The summed E-state index contributed by atoms with van der Waals surface area (Å²) < 4.78 is 0. The molecular formula is C17H25N3S. The molecular weight excluding hydrogens is 278 g/mol. The molecule has 0 aliphatic rings. The summed E-state index contributed by atoms with van der Waals surface area (Å²) in [5.74, 6) is 0.381. The van der Waals surface area contributed by atoms with Crippen molar-refractivity contribution in [2.45, 2.75) is 52.0 Å². The molecule has 0 aliphatic carbocycles. The summed E-state index contributed by atoms with van der Waals surface area (Å²) in [6, 6.07) is 11.2. The highest BCUT2D eigenvalue weighted by molar-refractivity contribution is 7.11.